The number of aliphatic hydroxyl groups excluding tert-OH is 1. The van der Waals surface area contributed by atoms with Crippen LogP contribution in [0.5, 0.6) is 0 Å². The summed E-state index contributed by atoms with van der Waals surface area (Å²) in [6.07, 6.45) is -4.35. The fourth-order valence-electron chi connectivity index (χ4n) is 2.75. The summed E-state index contributed by atoms with van der Waals surface area (Å²) in [5, 5.41) is 9.61. The average molecular weight is 302 g/mol. The number of rotatable bonds is 4. The molecule has 21 heavy (non-hydrogen) atoms. The van der Waals surface area contributed by atoms with Crippen LogP contribution < -0.4 is 0 Å². The molecule has 118 valence electrons. The van der Waals surface area contributed by atoms with Gasteiger partial charge in [-0.2, -0.15) is 13.2 Å². The third-order valence-electron chi connectivity index (χ3n) is 4.07. The van der Waals surface area contributed by atoms with Gasteiger partial charge in [-0.15, -0.1) is 0 Å². The molecule has 1 heterocycles. The molecular formula is C15H21F3N2O. The summed E-state index contributed by atoms with van der Waals surface area (Å²) >= 11 is 0. The minimum absolute atomic E-state index is 0.173. The Labute approximate surface area is 123 Å². The second-order valence-corrected chi connectivity index (χ2v) is 5.29. The van der Waals surface area contributed by atoms with E-state index in [0.29, 0.717) is 5.56 Å². The van der Waals surface area contributed by atoms with E-state index in [0.717, 1.165) is 44.9 Å². The van der Waals surface area contributed by atoms with Crippen LogP contribution >= 0.6 is 0 Å². The maximum Gasteiger partial charge on any atom is 0.416 e. The molecular weight excluding hydrogens is 281 g/mol. The lowest BCUT2D eigenvalue weighted by Gasteiger charge is -2.38. The van der Waals surface area contributed by atoms with Gasteiger partial charge in [0.1, 0.15) is 0 Å². The molecule has 6 heteroatoms. The van der Waals surface area contributed by atoms with E-state index in [1.54, 1.807) is 6.07 Å². The van der Waals surface area contributed by atoms with Gasteiger partial charge >= 0.3 is 6.18 Å². The van der Waals surface area contributed by atoms with Crippen molar-refractivity contribution in [1.82, 2.24) is 9.80 Å². The van der Waals surface area contributed by atoms with Crippen LogP contribution in [0.3, 0.4) is 0 Å². The van der Waals surface area contributed by atoms with Crippen LogP contribution in [0.2, 0.25) is 0 Å². The molecule has 1 N–H and O–H groups in total. The molecule has 0 spiro atoms. The van der Waals surface area contributed by atoms with Gasteiger partial charge in [-0.3, -0.25) is 4.90 Å². The second kappa shape index (κ2) is 6.77. The maximum absolute atomic E-state index is 12.8. The van der Waals surface area contributed by atoms with Gasteiger partial charge in [0.25, 0.3) is 0 Å². The molecule has 0 radical (unpaired) electrons. The Morgan fingerprint density at radius 1 is 1.19 bits per heavy atom. The highest BCUT2D eigenvalue weighted by Crippen LogP contribution is 2.32. The standard InChI is InChI=1S/C15H21F3N2O/c1-2-19-6-8-20(9-7-19)14(11-21)12-4-3-5-13(10-12)15(16,17)18/h3-5,10,14,21H,2,6-9,11H2,1H3. The van der Waals surface area contributed by atoms with Crippen molar-refractivity contribution in [2.45, 2.75) is 19.1 Å². The third kappa shape index (κ3) is 3.96. The molecule has 3 nitrogen and oxygen atoms in total. The zero-order valence-electron chi connectivity index (χ0n) is 12.1. The Hall–Kier alpha value is -1.11. The first-order valence-electron chi connectivity index (χ1n) is 7.20. The number of benzene rings is 1. The summed E-state index contributed by atoms with van der Waals surface area (Å²) < 4.78 is 38.4. The number of alkyl halides is 3. The summed E-state index contributed by atoms with van der Waals surface area (Å²) in [5.41, 5.74) is -0.136. The van der Waals surface area contributed by atoms with Gasteiger partial charge in [-0.05, 0) is 24.2 Å². The molecule has 1 unspecified atom stereocenters. The van der Waals surface area contributed by atoms with Gasteiger partial charge in [-0.25, -0.2) is 0 Å². The molecule has 0 amide bonds. The predicted octanol–water partition coefficient (Wildman–Crippen LogP) is 2.38. The SMILES string of the molecule is CCN1CCN(C(CO)c2cccc(C(F)(F)F)c2)CC1. The van der Waals surface area contributed by atoms with Crippen LogP contribution in [-0.2, 0) is 6.18 Å². The Bertz CT molecular complexity index is 456. The number of nitrogens with zero attached hydrogens (tertiary/aromatic N) is 2. The molecule has 0 aliphatic carbocycles. The highest BCUT2D eigenvalue weighted by atomic mass is 19.4. The van der Waals surface area contributed by atoms with Crippen molar-refractivity contribution in [1.29, 1.82) is 0 Å². The number of hydrogen-bond donors (Lipinski definition) is 1. The van der Waals surface area contributed by atoms with E-state index in [9.17, 15) is 18.3 Å². The lowest BCUT2D eigenvalue weighted by molar-refractivity contribution is -0.137. The number of likely N-dealkylation sites (N-methyl/N-ethyl adjacent to an activating group) is 1. The van der Waals surface area contributed by atoms with E-state index in [1.165, 1.54) is 6.07 Å². The molecule has 0 bridgehead atoms. The molecule has 1 saturated heterocycles. The van der Waals surface area contributed by atoms with Crippen LogP contribution in [0.4, 0.5) is 13.2 Å². The van der Waals surface area contributed by atoms with Gasteiger partial charge < -0.3 is 10.0 Å². The minimum Gasteiger partial charge on any atom is -0.394 e. The number of piperazine rings is 1. The Morgan fingerprint density at radius 3 is 2.38 bits per heavy atom. The van der Waals surface area contributed by atoms with Crippen LogP contribution in [-0.4, -0.2) is 54.2 Å². The van der Waals surface area contributed by atoms with E-state index in [-0.39, 0.29) is 12.6 Å². The van der Waals surface area contributed by atoms with E-state index in [2.05, 4.69) is 16.7 Å². The van der Waals surface area contributed by atoms with Crippen LogP contribution in [0.15, 0.2) is 24.3 Å². The molecule has 1 aliphatic rings. The molecule has 0 aromatic heterocycles. The predicted molar refractivity (Wildman–Crippen MR) is 75.0 cm³/mol. The third-order valence-corrected chi connectivity index (χ3v) is 4.07. The highest BCUT2D eigenvalue weighted by Gasteiger charge is 2.32. The normalized spacial score (nSPS) is 19.7. The van der Waals surface area contributed by atoms with Crippen molar-refractivity contribution >= 4 is 0 Å². The van der Waals surface area contributed by atoms with Gasteiger partial charge in [-0.1, -0.05) is 19.1 Å². The first-order chi connectivity index (χ1) is 9.95. The summed E-state index contributed by atoms with van der Waals surface area (Å²) in [6, 6.07) is 4.90. The lowest BCUT2D eigenvalue weighted by Crippen LogP contribution is -2.48. The van der Waals surface area contributed by atoms with Crippen molar-refractivity contribution in [2.75, 3.05) is 39.3 Å². The van der Waals surface area contributed by atoms with Gasteiger partial charge in [0, 0.05) is 26.2 Å². The molecule has 1 atom stereocenters. The zero-order chi connectivity index (χ0) is 15.5. The van der Waals surface area contributed by atoms with Gasteiger partial charge in [0.15, 0.2) is 0 Å². The molecule has 2 rings (SSSR count). The highest BCUT2D eigenvalue weighted by molar-refractivity contribution is 5.28. The topological polar surface area (TPSA) is 26.7 Å². The zero-order valence-corrected chi connectivity index (χ0v) is 12.1. The van der Waals surface area contributed by atoms with Crippen molar-refractivity contribution in [3.05, 3.63) is 35.4 Å². The minimum atomic E-state index is -4.35. The van der Waals surface area contributed by atoms with E-state index in [4.69, 9.17) is 0 Å². The molecule has 1 aromatic carbocycles. The monoisotopic (exact) mass is 302 g/mol. The Kier molecular flexibility index (Phi) is 5.24. The molecule has 0 saturated carbocycles. The van der Waals surface area contributed by atoms with E-state index >= 15 is 0 Å². The van der Waals surface area contributed by atoms with E-state index < -0.39 is 11.7 Å². The fraction of sp³-hybridized carbons (Fsp3) is 0.600. The molecule has 1 fully saturated rings. The lowest BCUT2D eigenvalue weighted by atomic mass is 10.0. The quantitative estimate of drug-likeness (QED) is 0.925. The molecule has 1 aromatic rings. The average Bonchev–Trinajstić information content (AvgIpc) is 2.48. The number of hydrogen-bond acceptors (Lipinski definition) is 3. The van der Waals surface area contributed by atoms with Gasteiger partial charge in [0.05, 0.1) is 18.2 Å². The number of halogens is 3. The smallest absolute Gasteiger partial charge is 0.394 e. The Morgan fingerprint density at radius 2 is 1.86 bits per heavy atom. The maximum atomic E-state index is 12.8. The van der Waals surface area contributed by atoms with Gasteiger partial charge in [0.2, 0.25) is 0 Å². The second-order valence-electron chi connectivity index (χ2n) is 5.29. The summed E-state index contributed by atoms with van der Waals surface area (Å²) in [7, 11) is 0. The fourth-order valence-corrected chi connectivity index (χ4v) is 2.75. The Balaban J connectivity index is 2.14. The van der Waals surface area contributed by atoms with Crippen molar-refractivity contribution in [2.24, 2.45) is 0 Å². The van der Waals surface area contributed by atoms with Crippen molar-refractivity contribution in [3.63, 3.8) is 0 Å². The largest absolute Gasteiger partial charge is 0.416 e. The first-order valence-corrected chi connectivity index (χ1v) is 7.20. The van der Waals surface area contributed by atoms with Crippen molar-refractivity contribution < 1.29 is 18.3 Å². The van der Waals surface area contributed by atoms with Crippen molar-refractivity contribution in [3.8, 4) is 0 Å². The molecule has 1 aliphatic heterocycles. The van der Waals surface area contributed by atoms with E-state index in [1.807, 2.05) is 0 Å². The number of aliphatic hydroxyl groups is 1. The summed E-state index contributed by atoms with van der Waals surface area (Å²) in [5.74, 6) is 0. The van der Waals surface area contributed by atoms with Crippen LogP contribution in [0, 0.1) is 0 Å². The van der Waals surface area contributed by atoms with Crippen LogP contribution in [0.1, 0.15) is 24.1 Å². The first kappa shape index (κ1) is 16.3. The summed E-state index contributed by atoms with van der Waals surface area (Å²) in [6.45, 7) is 6.17. The van der Waals surface area contributed by atoms with Crippen LogP contribution in [0.25, 0.3) is 0 Å². The summed E-state index contributed by atoms with van der Waals surface area (Å²) in [4.78, 5) is 4.35.